The van der Waals surface area contributed by atoms with Crippen LogP contribution >= 0.6 is 0 Å². The van der Waals surface area contributed by atoms with E-state index in [0.29, 0.717) is 63.2 Å². The lowest BCUT2D eigenvalue weighted by molar-refractivity contribution is -0.0505. The first-order chi connectivity index (χ1) is 11.8. The topological polar surface area (TPSA) is 49.9 Å². The second-order valence-corrected chi connectivity index (χ2v) is 9.42. The van der Waals surface area contributed by atoms with Gasteiger partial charge in [0.2, 0.25) is 10.0 Å². The number of hydrogen-bond donors (Lipinski definition) is 0. The lowest BCUT2D eigenvalue weighted by atomic mass is 9.87. The van der Waals surface area contributed by atoms with E-state index in [-0.39, 0.29) is 0 Å². The molecular weight excluding hydrogens is 343 g/mol. The minimum Gasteiger partial charge on any atom is -0.379 e. The van der Waals surface area contributed by atoms with Crippen LogP contribution in [0.2, 0.25) is 0 Å². The van der Waals surface area contributed by atoms with Gasteiger partial charge in [0.15, 0.2) is 0 Å². The maximum Gasteiger partial charge on any atom is 0.243 e. The van der Waals surface area contributed by atoms with Gasteiger partial charge < -0.3 is 4.74 Å². The number of rotatable bonds is 6. The standard InChI is InChI=1S/C18H27FN2O3S/c1-15(2)11-18(19)13-20(14-18)12-16-5-3-4-6-17(16)25(22,23)21-7-9-24-10-8-21/h3-6,15H,7-14H2,1-2H3. The predicted molar refractivity (Wildman–Crippen MR) is 94.6 cm³/mol. The van der Waals surface area contributed by atoms with Gasteiger partial charge in [-0.05, 0) is 24.0 Å². The first kappa shape index (κ1) is 18.8. The highest BCUT2D eigenvalue weighted by molar-refractivity contribution is 7.89. The molecule has 7 heteroatoms. The number of morpholine rings is 1. The zero-order chi connectivity index (χ0) is 18.1. The van der Waals surface area contributed by atoms with Crippen molar-refractivity contribution in [2.75, 3.05) is 39.4 Å². The molecule has 0 aromatic heterocycles. The second kappa shape index (κ2) is 7.31. The van der Waals surface area contributed by atoms with Crippen LogP contribution in [-0.4, -0.2) is 62.7 Å². The van der Waals surface area contributed by atoms with Crippen molar-refractivity contribution in [2.24, 2.45) is 5.92 Å². The lowest BCUT2D eigenvalue weighted by Gasteiger charge is -2.45. The van der Waals surface area contributed by atoms with E-state index in [4.69, 9.17) is 4.74 Å². The largest absolute Gasteiger partial charge is 0.379 e. The van der Waals surface area contributed by atoms with E-state index in [2.05, 4.69) is 0 Å². The Morgan fingerprint density at radius 1 is 1.20 bits per heavy atom. The van der Waals surface area contributed by atoms with Gasteiger partial charge in [-0.15, -0.1) is 0 Å². The molecule has 0 spiro atoms. The van der Waals surface area contributed by atoms with Crippen molar-refractivity contribution in [1.82, 2.24) is 9.21 Å². The van der Waals surface area contributed by atoms with Gasteiger partial charge in [0, 0.05) is 32.7 Å². The lowest BCUT2D eigenvalue weighted by Crippen LogP contribution is -2.58. The molecule has 2 aliphatic rings. The third kappa shape index (κ3) is 4.22. The molecule has 0 aliphatic carbocycles. The Morgan fingerprint density at radius 3 is 2.48 bits per heavy atom. The van der Waals surface area contributed by atoms with E-state index in [9.17, 15) is 12.8 Å². The highest BCUT2D eigenvalue weighted by Gasteiger charge is 2.43. The molecule has 1 aromatic carbocycles. The summed E-state index contributed by atoms with van der Waals surface area (Å²) in [5.41, 5.74) is -0.396. The number of alkyl halides is 1. The summed E-state index contributed by atoms with van der Waals surface area (Å²) in [6, 6.07) is 7.06. The summed E-state index contributed by atoms with van der Waals surface area (Å²) in [6.07, 6.45) is 0.553. The van der Waals surface area contributed by atoms with E-state index in [0.717, 1.165) is 5.56 Å². The van der Waals surface area contributed by atoms with E-state index in [1.54, 1.807) is 12.1 Å². The molecule has 2 aliphatic heterocycles. The molecule has 2 saturated heterocycles. The fourth-order valence-electron chi connectivity index (χ4n) is 3.78. The van der Waals surface area contributed by atoms with E-state index >= 15 is 0 Å². The Labute approximate surface area is 149 Å². The zero-order valence-electron chi connectivity index (χ0n) is 14.9. The third-order valence-corrected chi connectivity index (χ3v) is 6.74. The minimum atomic E-state index is -3.54. The first-order valence-corrected chi connectivity index (χ1v) is 10.3. The molecule has 2 heterocycles. The number of halogens is 1. The minimum absolute atomic E-state index is 0.320. The molecule has 0 radical (unpaired) electrons. The maximum absolute atomic E-state index is 14.6. The Morgan fingerprint density at radius 2 is 1.84 bits per heavy atom. The molecule has 0 atom stereocenters. The number of nitrogens with zero attached hydrogens (tertiary/aromatic N) is 2. The molecule has 140 valence electrons. The second-order valence-electron chi connectivity index (χ2n) is 7.52. The van der Waals surface area contributed by atoms with Gasteiger partial charge in [-0.1, -0.05) is 32.0 Å². The Balaban J connectivity index is 1.72. The van der Waals surface area contributed by atoms with E-state index < -0.39 is 15.7 Å². The molecular formula is C18H27FN2O3S. The monoisotopic (exact) mass is 370 g/mol. The Kier molecular flexibility index (Phi) is 5.48. The average molecular weight is 370 g/mol. The molecule has 0 unspecified atom stereocenters. The fraction of sp³-hybridized carbons (Fsp3) is 0.667. The van der Waals surface area contributed by atoms with Crippen LogP contribution in [0.4, 0.5) is 4.39 Å². The van der Waals surface area contributed by atoms with Crippen molar-refractivity contribution in [3.05, 3.63) is 29.8 Å². The van der Waals surface area contributed by atoms with Gasteiger partial charge in [0.25, 0.3) is 0 Å². The highest BCUT2D eigenvalue weighted by atomic mass is 32.2. The van der Waals surface area contributed by atoms with Crippen molar-refractivity contribution < 1.29 is 17.5 Å². The van der Waals surface area contributed by atoms with Crippen LogP contribution in [0, 0.1) is 5.92 Å². The summed E-state index contributed by atoms with van der Waals surface area (Å²) >= 11 is 0. The summed E-state index contributed by atoms with van der Waals surface area (Å²) in [7, 11) is -3.54. The van der Waals surface area contributed by atoms with Crippen LogP contribution in [0.3, 0.4) is 0 Å². The van der Waals surface area contributed by atoms with E-state index in [1.807, 2.05) is 30.9 Å². The van der Waals surface area contributed by atoms with Crippen LogP contribution < -0.4 is 0 Å². The van der Waals surface area contributed by atoms with Crippen molar-refractivity contribution in [3.8, 4) is 0 Å². The Bertz CT molecular complexity index is 696. The van der Waals surface area contributed by atoms with Crippen molar-refractivity contribution in [2.45, 2.75) is 37.4 Å². The number of likely N-dealkylation sites (tertiary alicyclic amines) is 1. The van der Waals surface area contributed by atoms with Gasteiger partial charge >= 0.3 is 0 Å². The van der Waals surface area contributed by atoms with Crippen LogP contribution in [0.25, 0.3) is 0 Å². The highest BCUT2D eigenvalue weighted by Crippen LogP contribution is 2.34. The zero-order valence-corrected chi connectivity index (χ0v) is 15.8. The molecule has 0 amide bonds. The van der Waals surface area contributed by atoms with Crippen molar-refractivity contribution in [3.63, 3.8) is 0 Å². The summed E-state index contributed by atoms with van der Waals surface area (Å²) in [5, 5.41) is 0. The SMILES string of the molecule is CC(C)CC1(F)CN(Cc2ccccc2S(=O)(=O)N2CCOCC2)C1. The molecule has 2 fully saturated rings. The Hall–Kier alpha value is -1.02. The molecule has 0 N–H and O–H groups in total. The van der Waals surface area contributed by atoms with Gasteiger partial charge in [0.1, 0.15) is 5.67 Å². The van der Waals surface area contributed by atoms with Crippen molar-refractivity contribution >= 4 is 10.0 Å². The molecule has 5 nitrogen and oxygen atoms in total. The average Bonchev–Trinajstić information content (AvgIpc) is 2.54. The maximum atomic E-state index is 14.6. The molecule has 25 heavy (non-hydrogen) atoms. The third-order valence-electron chi connectivity index (χ3n) is 4.74. The van der Waals surface area contributed by atoms with Gasteiger partial charge in [-0.3, -0.25) is 4.90 Å². The quantitative estimate of drug-likeness (QED) is 0.771. The van der Waals surface area contributed by atoms with Crippen molar-refractivity contribution in [1.29, 1.82) is 0 Å². The number of ether oxygens (including phenoxy) is 1. The smallest absolute Gasteiger partial charge is 0.243 e. The summed E-state index contributed by atoms with van der Waals surface area (Å²) in [4.78, 5) is 2.31. The van der Waals surface area contributed by atoms with Crippen LogP contribution in [0.1, 0.15) is 25.8 Å². The normalized spacial score (nSPS) is 22.1. The van der Waals surface area contributed by atoms with E-state index in [1.165, 1.54) is 4.31 Å². The predicted octanol–water partition coefficient (Wildman–Crippen LogP) is 2.28. The fourth-order valence-corrected chi connectivity index (χ4v) is 5.40. The molecule has 1 aromatic rings. The van der Waals surface area contributed by atoms with Crippen LogP contribution in [-0.2, 0) is 21.3 Å². The van der Waals surface area contributed by atoms with Crippen LogP contribution in [0.5, 0.6) is 0 Å². The van der Waals surface area contributed by atoms with Gasteiger partial charge in [-0.2, -0.15) is 4.31 Å². The summed E-state index contributed by atoms with van der Waals surface area (Å²) in [6.45, 7) is 6.85. The van der Waals surface area contributed by atoms with Crippen LogP contribution in [0.15, 0.2) is 29.2 Å². The molecule has 0 bridgehead atoms. The molecule has 0 saturated carbocycles. The van der Waals surface area contributed by atoms with Gasteiger partial charge in [0.05, 0.1) is 18.1 Å². The number of benzene rings is 1. The summed E-state index contributed by atoms with van der Waals surface area (Å²) < 4.78 is 47.2. The van der Waals surface area contributed by atoms with Gasteiger partial charge in [-0.25, -0.2) is 12.8 Å². The number of sulfonamides is 1. The summed E-state index contributed by atoms with van der Waals surface area (Å²) in [5.74, 6) is 0.320. The molecule has 3 rings (SSSR count). The number of hydrogen-bond acceptors (Lipinski definition) is 4. The first-order valence-electron chi connectivity index (χ1n) is 8.87.